The Hall–Kier alpha value is -2.32. The number of fused-ring (bicyclic) bond motifs is 1. The summed E-state index contributed by atoms with van der Waals surface area (Å²) in [6.45, 7) is 4.48. The van der Waals surface area contributed by atoms with E-state index in [0.717, 1.165) is 49.8 Å². The molecule has 39 heavy (non-hydrogen) atoms. The van der Waals surface area contributed by atoms with Crippen LogP contribution in [0.5, 0.6) is 0 Å². The van der Waals surface area contributed by atoms with Crippen LogP contribution in [0.3, 0.4) is 0 Å². The van der Waals surface area contributed by atoms with Crippen molar-refractivity contribution < 1.29 is 19.1 Å². The van der Waals surface area contributed by atoms with Crippen molar-refractivity contribution in [1.82, 2.24) is 10.2 Å². The molecule has 4 fully saturated rings. The highest BCUT2D eigenvalue weighted by molar-refractivity contribution is 7.98. The minimum atomic E-state index is -1.10. The Morgan fingerprint density at radius 2 is 1.85 bits per heavy atom. The summed E-state index contributed by atoms with van der Waals surface area (Å²) in [5.41, 5.74) is -0.396. The van der Waals surface area contributed by atoms with Crippen LogP contribution < -0.4 is 10.6 Å². The van der Waals surface area contributed by atoms with Crippen molar-refractivity contribution in [2.75, 3.05) is 11.6 Å². The van der Waals surface area contributed by atoms with Crippen molar-refractivity contribution in [1.29, 1.82) is 0 Å². The van der Waals surface area contributed by atoms with Crippen molar-refractivity contribution >= 4 is 35.2 Å². The van der Waals surface area contributed by atoms with E-state index in [0.29, 0.717) is 17.5 Å². The zero-order valence-electron chi connectivity index (χ0n) is 23.2. The lowest BCUT2D eigenvalue weighted by atomic mass is 9.73. The average molecular weight is 552 g/mol. The summed E-state index contributed by atoms with van der Waals surface area (Å²) in [5.74, 6) is -0.885. The Morgan fingerprint density at radius 3 is 2.62 bits per heavy atom. The quantitative estimate of drug-likeness (QED) is 0.393. The molecule has 0 unspecified atom stereocenters. The Morgan fingerprint density at radius 1 is 1.05 bits per heavy atom. The van der Waals surface area contributed by atoms with Gasteiger partial charge in [0, 0.05) is 22.7 Å². The van der Waals surface area contributed by atoms with Gasteiger partial charge >= 0.3 is 0 Å². The van der Waals surface area contributed by atoms with Crippen LogP contribution >= 0.6 is 11.8 Å². The maximum absolute atomic E-state index is 14.3. The molecule has 2 aliphatic carbocycles. The summed E-state index contributed by atoms with van der Waals surface area (Å²) in [5, 5.41) is 6.42. The molecule has 2 N–H and O–H groups in total. The van der Waals surface area contributed by atoms with E-state index >= 15 is 0 Å². The molecule has 2 saturated carbocycles. The van der Waals surface area contributed by atoms with E-state index < -0.39 is 29.6 Å². The summed E-state index contributed by atoms with van der Waals surface area (Å²) in [6.07, 6.45) is 13.6. The minimum Gasteiger partial charge on any atom is -0.359 e. The molecule has 1 spiro atoms. The van der Waals surface area contributed by atoms with Gasteiger partial charge in [0.15, 0.2) is 0 Å². The minimum absolute atomic E-state index is 0.00250. The van der Waals surface area contributed by atoms with Gasteiger partial charge in [0.25, 0.3) is 0 Å². The topological polar surface area (TPSA) is 87.7 Å². The highest BCUT2D eigenvalue weighted by Crippen LogP contribution is 2.56. The molecule has 6 rings (SSSR count). The molecule has 210 valence electrons. The van der Waals surface area contributed by atoms with E-state index in [4.69, 9.17) is 4.74 Å². The number of rotatable bonds is 6. The molecule has 7 nitrogen and oxygen atoms in total. The van der Waals surface area contributed by atoms with Crippen molar-refractivity contribution in [3.8, 4) is 0 Å². The second-order valence-electron chi connectivity index (χ2n) is 12.3. The maximum atomic E-state index is 14.3. The van der Waals surface area contributed by atoms with Crippen molar-refractivity contribution in [3.05, 3.63) is 36.4 Å². The number of nitrogens with one attached hydrogen (secondary N) is 2. The van der Waals surface area contributed by atoms with Gasteiger partial charge in [0.05, 0.1) is 17.9 Å². The van der Waals surface area contributed by atoms with Crippen LogP contribution in [0.1, 0.15) is 65.2 Å². The van der Waals surface area contributed by atoms with Crippen LogP contribution in [-0.4, -0.2) is 58.7 Å². The van der Waals surface area contributed by atoms with Crippen molar-refractivity contribution in [2.45, 2.75) is 99.9 Å². The standard InChI is InChI=1S/C31H41N3O4S/c1-18-9-7-14-23(19(18)2)33-29(36)27-31-16-15-24(38-31)25(28(35)32-20-10-8-13-22(17-20)39-3)26(31)30(37)34(27)21-11-5-4-6-12-21/h8,10,13,15-19,21,23-27H,4-7,9,11-12,14H2,1-3H3,(H,32,35)(H,33,36)/t18-,19+,23+,24-,25+,26-,27-,31-/m0/s1. The van der Waals surface area contributed by atoms with Gasteiger partial charge in [-0.25, -0.2) is 0 Å². The predicted octanol–water partition coefficient (Wildman–Crippen LogP) is 4.77. The smallest absolute Gasteiger partial charge is 0.246 e. The number of anilines is 1. The highest BCUT2D eigenvalue weighted by atomic mass is 32.2. The van der Waals surface area contributed by atoms with Crippen molar-refractivity contribution in [3.63, 3.8) is 0 Å². The Bertz CT molecular complexity index is 1170. The number of nitrogens with zero attached hydrogens (tertiary/aromatic N) is 1. The first-order valence-electron chi connectivity index (χ1n) is 14.8. The molecule has 1 aromatic rings. The largest absolute Gasteiger partial charge is 0.359 e. The number of hydrogen-bond acceptors (Lipinski definition) is 5. The summed E-state index contributed by atoms with van der Waals surface area (Å²) < 4.78 is 6.56. The fourth-order valence-corrected chi connectivity index (χ4v) is 8.39. The van der Waals surface area contributed by atoms with Gasteiger partial charge in [-0.3, -0.25) is 14.4 Å². The molecule has 2 saturated heterocycles. The van der Waals surface area contributed by atoms with Crippen LogP contribution in [0.2, 0.25) is 0 Å². The lowest BCUT2D eigenvalue weighted by Gasteiger charge is -2.40. The zero-order valence-corrected chi connectivity index (χ0v) is 24.0. The van der Waals surface area contributed by atoms with Crippen LogP contribution in [0.25, 0.3) is 0 Å². The first-order valence-corrected chi connectivity index (χ1v) is 16.0. The van der Waals surface area contributed by atoms with Gasteiger partial charge in [-0.15, -0.1) is 11.8 Å². The molecule has 0 aromatic heterocycles. The molecular weight excluding hydrogens is 510 g/mol. The lowest BCUT2D eigenvalue weighted by Crippen LogP contribution is -2.59. The molecular formula is C31H41N3O4S. The number of likely N-dealkylation sites (tertiary alicyclic amines) is 1. The Balaban J connectivity index is 1.31. The Labute approximate surface area is 235 Å². The number of amides is 3. The average Bonchev–Trinajstić information content (AvgIpc) is 3.59. The third kappa shape index (κ3) is 4.51. The maximum Gasteiger partial charge on any atom is 0.246 e. The second-order valence-corrected chi connectivity index (χ2v) is 13.2. The van der Waals surface area contributed by atoms with E-state index in [2.05, 4.69) is 24.5 Å². The third-order valence-corrected chi connectivity index (χ3v) is 10.9. The molecule has 3 amide bonds. The van der Waals surface area contributed by atoms with Crippen LogP contribution in [0.15, 0.2) is 41.3 Å². The van der Waals surface area contributed by atoms with E-state index in [-0.39, 0.29) is 29.8 Å². The first kappa shape index (κ1) is 26.9. The normalized spacial score (nSPS) is 37.7. The van der Waals surface area contributed by atoms with Gasteiger partial charge in [-0.05, 0) is 55.6 Å². The highest BCUT2D eigenvalue weighted by Gasteiger charge is 2.73. The molecule has 0 radical (unpaired) electrons. The first-order chi connectivity index (χ1) is 18.8. The molecule has 3 heterocycles. The number of benzene rings is 1. The summed E-state index contributed by atoms with van der Waals surface area (Å²) in [4.78, 5) is 45.2. The van der Waals surface area contributed by atoms with Crippen LogP contribution in [-0.2, 0) is 19.1 Å². The van der Waals surface area contributed by atoms with Crippen molar-refractivity contribution in [2.24, 2.45) is 23.7 Å². The van der Waals surface area contributed by atoms with E-state index in [9.17, 15) is 14.4 Å². The number of thioether (sulfide) groups is 1. The zero-order chi connectivity index (χ0) is 27.3. The molecule has 5 aliphatic rings. The molecule has 8 heteroatoms. The summed E-state index contributed by atoms with van der Waals surface area (Å²) >= 11 is 1.61. The third-order valence-electron chi connectivity index (χ3n) is 10.2. The number of carbonyl (C=O) groups is 3. The lowest BCUT2D eigenvalue weighted by molar-refractivity contribution is -0.145. The number of hydrogen-bond donors (Lipinski definition) is 2. The second kappa shape index (κ2) is 10.6. The monoisotopic (exact) mass is 551 g/mol. The van der Waals surface area contributed by atoms with Crippen LogP contribution in [0, 0.1) is 23.7 Å². The predicted molar refractivity (Wildman–Crippen MR) is 152 cm³/mol. The van der Waals surface area contributed by atoms with Gasteiger partial charge in [-0.2, -0.15) is 0 Å². The van der Waals surface area contributed by atoms with Gasteiger partial charge in [-0.1, -0.05) is 64.2 Å². The van der Waals surface area contributed by atoms with Crippen LogP contribution in [0.4, 0.5) is 5.69 Å². The summed E-state index contributed by atoms with van der Waals surface area (Å²) in [6, 6.07) is 7.06. The SMILES string of the molecule is CSc1cccc(NC(=O)[C@@H]2[C@@H]3C=C[C@]4(O3)[C@@H]2C(=O)N(C2CCCCC2)[C@H]4C(=O)N[C@@H]2CCC[C@H](C)[C@H]2C)c1. The van der Waals surface area contributed by atoms with Gasteiger partial charge < -0.3 is 20.3 Å². The molecule has 8 atom stereocenters. The van der Waals surface area contributed by atoms with E-state index in [1.807, 2.05) is 47.6 Å². The van der Waals surface area contributed by atoms with Gasteiger partial charge in [0.1, 0.15) is 11.6 Å². The molecule has 2 bridgehead atoms. The van der Waals surface area contributed by atoms with E-state index in [1.54, 1.807) is 11.8 Å². The fourth-order valence-electron chi connectivity index (χ4n) is 7.93. The fraction of sp³-hybridized carbons (Fsp3) is 0.645. The van der Waals surface area contributed by atoms with E-state index in [1.165, 1.54) is 6.42 Å². The number of carbonyl (C=O) groups excluding carboxylic acids is 3. The van der Waals surface area contributed by atoms with Gasteiger partial charge in [0.2, 0.25) is 17.7 Å². The summed E-state index contributed by atoms with van der Waals surface area (Å²) in [7, 11) is 0. The molecule has 1 aromatic carbocycles. The Kier molecular flexibility index (Phi) is 7.29. The number of ether oxygens (including phenoxy) is 1. The molecule has 3 aliphatic heterocycles.